The maximum atomic E-state index is 2.47. The molecular weight excluding hydrogens is 364 g/mol. The lowest BCUT2D eigenvalue weighted by atomic mass is 9.78. The molecule has 2 aromatic rings. The molecule has 0 saturated carbocycles. The van der Waals surface area contributed by atoms with Gasteiger partial charge in [0.2, 0.25) is 0 Å². The van der Waals surface area contributed by atoms with Crippen LogP contribution in [0.15, 0.2) is 54.1 Å². The molecule has 1 aromatic carbocycles. The summed E-state index contributed by atoms with van der Waals surface area (Å²) in [7, 11) is 0. The van der Waals surface area contributed by atoms with E-state index in [9.17, 15) is 0 Å². The van der Waals surface area contributed by atoms with E-state index in [1.807, 2.05) is 0 Å². The minimum absolute atomic E-state index is 0.487. The molecule has 1 aliphatic carbocycles. The van der Waals surface area contributed by atoms with E-state index in [0.717, 1.165) is 6.42 Å². The predicted molar refractivity (Wildman–Crippen MR) is 129 cm³/mol. The molecule has 1 unspecified atom stereocenters. The fourth-order valence-corrected chi connectivity index (χ4v) is 5.01. The van der Waals surface area contributed by atoms with E-state index in [1.54, 1.807) is 5.57 Å². The normalized spacial score (nSPS) is 17.6. The summed E-state index contributed by atoms with van der Waals surface area (Å²) < 4.78 is 4.74. The Labute approximate surface area is 184 Å². The second kappa shape index (κ2) is 8.96. The van der Waals surface area contributed by atoms with Crippen LogP contribution in [0.25, 0.3) is 11.4 Å². The maximum Gasteiger partial charge on any atom is 0.254 e. The molecular formula is C28H41N2+. The first-order valence-corrected chi connectivity index (χ1v) is 11.8. The number of imidazole rings is 1. The summed E-state index contributed by atoms with van der Waals surface area (Å²) in [4.78, 5) is 0. The van der Waals surface area contributed by atoms with Crippen LogP contribution in [0.1, 0.15) is 91.7 Å². The number of hydrogen-bond acceptors (Lipinski definition) is 0. The lowest BCUT2D eigenvalue weighted by molar-refractivity contribution is -0.580. The van der Waals surface area contributed by atoms with Gasteiger partial charge in [-0.15, -0.1) is 0 Å². The van der Waals surface area contributed by atoms with Crippen LogP contribution in [0, 0.1) is 17.8 Å². The maximum absolute atomic E-state index is 2.47. The molecule has 0 fully saturated rings. The molecule has 2 heteroatoms. The van der Waals surface area contributed by atoms with Crippen molar-refractivity contribution in [2.75, 3.05) is 0 Å². The highest BCUT2D eigenvalue weighted by molar-refractivity contribution is 5.63. The first kappa shape index (κ1) is 22.6. The van der Waals surface area contributed by atoms with Gasteiger partial charge in [0.25, 0.3) is 6.33 Å². The zero-order valence-corrected chi connectivity index (χ0v) is 20.5. The fraction of sp³-hybridized carbons (Fsp3) is 0.536. The van der Waals surface area contributed by atoms with Gasteiger partial charge in [-0.2, -0.15) is 0 Å². The van der Waals surface area contributed by atoms with E-state index < -0.39 is 0 Å². The van der Waals surface area contributed by atoms with Gasteiger partial charge in [-0.25, -0.2) is 9.13 Å². The van der Waals surface area contributed by atoms with Gasteiger partial charge >= 0.3 is 0 Å². The van der Waals surface area contributed by atoms with E-state index in [1.165, 1.54) is 28.1 Å². The van der Waals surface area contributed by atoms with Crippen LogP contribution >= 0.6 is 0 Å². The number of nitrogens with zero attached hydrogens (tertiary/aromatic N) is 2. The molecule has 1 atom stereocenters. The lowest BCUT2D eigenvalue weighted by Crippen LogP contribution is -2.36. The number of rotatable bonds is 6. The van der Waals surface area contributed by atoms with Crippen LogP contribution in [0.4, 0.5) is 0 Å². The van der Waals surface area contributed by atoms with Gasteiger partial charge in [0.1, 0.15) is 23.8 Å². The van der Waals surface area contributed by atoms with Crippen LogP contribution in [-0.4, -0.2) is 4.57 Å². The first-order chi connectivity index (χ1) is 14.1. The Balaban J connectivity index is 2.22. The van der Waals surface area contributed by atoms with Gasteiger partial charge in [-0.3, -0.25) is 0 Å². The smallest absolute Gasteiger partial charge is 0.202 e. The molecule has 1 heterocycles. The zero-order chi connectivity index (χ0) is 22.2. The molecule has 0 N–H and O–H groups in total. The quantitative estimate of drug-likeness (QED) is 0.440. The Morgan fingerprint density at radius 3 is 1.97 bits per heavy atom. The molecule has 0 saturated heterocycles. The highest BCUT2D eigenvalue weighted by atomic mass is 15.1. The van der Waals surface area contributed by atoms with Crippen molar-refractivity contribution in [2.45, 2.75) is 80.6 Å². The Hall–Kier alpha value is -2.09. The van der Waals surface area contributed by atoms with Crippen LogP contribution in [-0.2, 0) is 0 Å². The van der Waals surface area contributed by atoms with E-state index in [0.29, 0.717) is 29.6 Å². The topological polar surface area (TPSA) is 8.81 Å². The highest BCUT2D eigenvalue weighted by Gasteiger charge is 2.30. The van der Waals surface area contributed by atoms with Crippen molar-refractivity contribution in [1.82, 2.24) is 4.57 Å². The van der Waals surface area contributed by atoms with Gasteiger partial charge in [0.15, 0.2) is 0 Å². The summed E-state index contributed by atoms with van der Waals surface area (Å²) in [6, 6.07) is 6.79. The Morgan fingerprint density at radius 2 is 1.47 bits per heavy atom. The van der Waals surface area contributed by atoms with Gasteiger partial charge in [0.05, 0.1) is 0 Å². The molecule has 1 aliphatic rings. The number of allylic oxidation sites excluding steroid dienone is 4. The van der Waals surface area contributed by atoms with Gasteiger partial charge in [-0.1, -0.05) is 86.6 Å². The van der Waals surface area contributed by atoms with Crippen molar-refractivity contribution in [2.24, 2.45) is 17.8 Å². The standard InChI is InChI=1S/C28H41N2/c1-18(2)23-11-10-12-24(19(3)4)27(23)29-15-16-30(17-29)28-25(20(5)6)14-13-22(9)26(28)21(7)8/h10-12,14-22H,13H2,1-9H3/q+1. The molecule has 0 bridgehead atoms. The van der Waals surface area contributed by atoms with Gasteiger partial charge < -0.3 is 0 Å². The Bertz CT molecular complexity index is 925. The third kappa shape index (κ3) is 4.19. The van der Waals surface area contributed by atoms with Crippen LogP contribution in [0.2, 0.25) is 0 Å². The van der Waals surface area contributed by atoms with Crippen LogP contribution < -0.4 is 4.57 Å². The second-order valence-electron chi connectivity index (χ2n) is 10.2. The molecule has 3 rings (SSSR count). The summed E-state index contributed by atoms with van der Waals surface area (Å²) in [5.41, 5.74) is 8.68. The van der Waals surface area contributed by atoms with Crippen molar-refractivity contribution in [3.05, 3.63) is 65.3 Å². The second-order valence-corrected chi connectivity index (χ2v) is 10.2. The zero-order valence-electron chi connectivity index (χ0n) is 20.5. The monoisotopic (exact) mass is 405 g/mol. The Kier molecular flexibility index (Phi) is 6.75. The molecule has 0 spiro atoms. The Morgan fingerprint density at radius 1 is 0.867 bits per heavy atom. The molecule has 162 valence electrons. The summed E-state index contributed by atoms with van der Waals surface area (Å²) in [6.45, 7) is 20.9. The number of hydrogen-bond donors (Lipinski definition) is 0. The molecule has 1 aromatic heterocycles. The molecule has 30 heavy (non-hydrogen) atoms. The van der Waals surface area contributed by atoms with E-state index >= 15 is 0 Å². The summed E-state index contributed by atoms with van der Waals surface area (Å²) in [5, 5.41) is 0. The molecule has 2 nitrogen and oxygen atoms in total. The molecule has 0 amide bonds. The van der Waals surface area contributed by atoms with Crippen molar-refractivity contribution in [3.8, 4) is 5.69 Å². The van der Waals surface area contributed by atoms with Gasteiger partial charge in [0, 0.05) is 11.1 Å². The minimum atomic E-state index is 0.487. The highest BCUT2D eigenvalue weighted by Crippen LogP contribution is 2.38. The van der Waals surface area contributed by atoms with Crippen LogP contribution in [0.5, 0.6) is 0 Å². The van der Waals surface area contributed by atoms with Crippen LogP contribution in [0.3, 0.4) is 0 Å². The largest absolute Gasteiger partial charge is 0.254 e. The average Bonchev–Trinajstić information content (AvgIpc) is 3.15. The van der Waals surface area contributed by atoms with Crippen molar-refractivity contribution < 1.29 is 4.57 Å². The van der Waals surface area contributed by atoms with Crippen molar-refractivity contribution in [3.63, 3.8) is 0 Å². The number of para-hydroxylation sites is 1. The molecule has 0 aliphatic heterocycles. The summed E-state index contributed by atoms with van der Waals surface area (Å²) >= 11 is 0. The minimum Gasteiger partial charge on any atom is -0.202 e. The van der Waals surface area contributed by atoms with E-state index in [2.05, 4.69) is 114 Å². The SMILES string of the molecule is CC(C)C1=CCC(C)C(C(C)C)=C1[n+]1ccn(-c2c(C(C)C)cccc2C(C)C)c1. The fourth-order valence-electron chi connectivity index (χ4n) is 5.01. The third-order valence-corrected chi connectivity index (χ3v) is 6.51. The van der Waals surface area contributed by atoms with E-state index in [4.69, 9.17) is 0 Å². The third-order valence-electron chi connectivity index (χ3n) is 6.51. The van der Waals surface area contributed by atoms with Crippen molar-refractivity contribution >= 4 is 5.70 Å². The average molecular weight is 406 g/mol. The van der Waals surface area contributed by atoms with Gasteiger partial charge in [-0.05, 0) is 47.2 Å². The molecule has 0 radical (unpaired) electrons. The summed E-state index contributed by atoms with van der Waals surface area (Å²) in [6.07, 6.45) is 10.4. The lowest BCUT2D eigenvalue weighted by Gasteiger charge is -2.28. The number of benzene rings is 1. The first-order valence-electron chi connectivity index (χ1n) is 11.8. The van der Waals surface area contributed by atoms with E-state index in [-0.39, 0.29) is 0 Å². The van der Waals surface area contributed by atoms with Crippen molar-refractivity contribution in [1.29, 1.82) is 0 Å². The number of aromatic nitrogens is 2. The predicted octanol–water partition coefficient (Wildman–Crippen LogP) is 7.50. The summed E-state index contributed by atoms with van der Waals surface area (Å²) in [5.74, 6) is 2.63.